The molecule has 0 bridgehead atoms. The Morgan fingerprint density at radius 3 is 2.45 bits per heavy atom. The summed E-state index contributed by atoms with van der Waals surface area (Å²) in [5.74, 6) is -1.48. The lowest BCUT2D eigenvalue weighted by molar-refractivity contribution is -0.159. The van der Waals surface area contributed by atoms with Gasteiger partial charge in [0, 0.05) is 6.54 Å². The van der Waals surface area contributed by atoms with Crippen molar-refractivity contribution < 1.29 is 32.6 Å². The highest BCUT2D eigenvalue weighted by atomic mass is 19.4. The predicted octanol–water partition coefficient (Wildman–Crippen LogP) is 1.56. The number of carbonyl (C=O) groups excluding carboxylic acids is 1. The van der Waals surface area contributed by atoms with E-state index in [-0.39, 0.29) is 32.0 Å². The lowest BCUT2D eigenvalue weighted by Gasteiger charge is -2.31. The van der Waals surface area contributed by atoms with Gasteiger partial charge in [0.1, 0.15) is 0 Å². The normalized spacial score (nSPS) is 19.0. The van der Waals surface area contributed by atoms with E-state index in [0.717, 1.165) is 12.1 Å². The fraction of sp³-hybridized carbons (Fsp3) is 0.429. The zero-order valence-electron chi connectivity index (χ0n) is 11.5. The SMILES string of the molecule is O=C(O)[C@@H]1CN(C(=O)Cc2ccc(C(F)(F)F)cc2)CCO1. The molecule has 0 saturated carbocycles. The Morgan fingerprint density at radius 1 is 1.27 bits per heavy atom. The van der Waals surface area contributed by atoms with Crippen LogP contribution in [-0.4, -0.2) is 47.7 Å². The molecule has 0 aliphatic carbocycles. The summed E-state index contributed by atoms with van der Waals surface area (Å²) in [6.07, 6.45) is -5.56. The Hall–Kier alpha value is -2.09. The molecule has 1 atom stereocenters. The van der Waals surface area contributed by atoms with Gasteiger partial charge in [-0.2, -0.15) is 13.2 Å². The zero-order chi connectivity index (χ0) is 16.3. The number of hydrogen-bond acceptors (Lipinski definition) is 3. The maximum Gasteiger partial charge on any atom is 0.416 e. The van der Waals surface area contributed by atoms with E-state index >= 15 is 0 Å². The first-order chi connectivity index (χ1) is 10.3. The third-order valence-corrected chi connectivity index (χ3v) is 3.33. The largest absolute Gasteiger partial charge is 0.479 e. The van der Waals surface area contributed by atoms with Crippen molar-refractivity contribution in [2.24, 2.45) is 0 Å². The number of carbonyl (C=O) groups is 2. The number of halogens is 3. The van der Waals surface area contributed by atoms with Crippen LogP contribution >= 0.6 is 0 Å². The van der Waals surface area contributed by atoms with Crippen molar-refractivity contribution in [1.29, 1.82) is 0 Å². The van der Waals surface area contributed by atoms with E-state index in [1.54, 1.807) is 0 Å². The Morgan fingerprint density at radius 2 is 1.91 bits per heavy atom. The highest BCUT2D eigenvalue weighted by Crippen LogP contribution is 2.29. The Balaban J connectivity index is 1.98. The van der Waals surface area contributed by atoms with Gasteiger partial charge in [-0.1, -0.05) is 12.1 Å². The first kappa shape index (κ1) is 16.3. The van der Waals surface area contributed by atoms with Crippen LogP contribution in [0.2, 0.25) is 0 Å². The van der Waals surface area contributed by atoms with E-state index in [1.807, 2.05) is 0 Å². The van der Waals surface area contributed by atoms with Crippen LogP contribution in [0.25, 0.3) is 0 Å². The van der Waals surface area contributed by atoms with Crippen molar-refractivity contribution in [3.63, 3.8) is 0 Å². The van der Waals surface area contributed by atoms with Gasteiger partial charge < -0.3 is 14.7 Å². The summed E-state index contributed by atoms with van der Waals surface area (Å²) in [5, 5.41) is 8.86. The van der Waals surface area contributed by atoms with Gasteiger partial charge in [-0.3, -0.25) is 4.79 Å². The summed E-state index contributed by atoms with van der Waals surface area (Å²) in [4.78, 5) is 24.3. The molecule has 1 amide bonds. The van der Waals surface area contributed by atoms with Crippen LogP contribution < -0.4 is 0 Å². The van der Waals surface area contributed by atoms with Crippen LogP contribution in [0, 0.1) is 0 Å². The van der Waals surface area contributed by atoms with Crippen molar-refractivity contribution in [2.45, 2.75) is 18.7 Å². The second-order valence-electron chi connectivity index (χ2n) is 4.91. The van der Waals surface area contributed by atoms with Gasteiger partial charge in [0.05, 0.1) is 25.1 Å². The molecule has 0 radical (unpaired) electrons. The third-order valence-electron chi connectivity index (χ3n) is 3.33. The summed E-state index contributed by atoms with van der Waals surface area (Å²) in [6.45, 7) is 0.327. The number of benzene rings is 1. The number of carboxylic acids is 1. The maximum absolute atomic E-state index is 12.4. The molecule has 2 rings (SSSR count). The number of carboxylic acid groups (broad SMARTS) is 1. The topological polar surface area (TPSA) is 66.8 Å². The molecule has 22 heavy (non-hydrogen) atoms. The number of nitrogens with zero attached hydrogens (tertiary/aromatic N) is 1. The van der Waals surface area contributed by atoms with Gasteiger partial charge >= 0.3 is 12.1 Å². The fourth-order valence-electron chi connectivity index (χ4n) is 2.12. The minimum atomic E-state index is -4.42. The molecule has 120 valence electrons. The summed E-state index contributed by atoms with van der Waals surface area (Å²) in [5.41, 5.74) is -0.336. The average Bonchev–Trinajstić information content (AvgIpc) is 2.47. The molecule has 0 spiro atoms. The van der Waals surface area contributed by atoms with Gasteiger partial charge in [0.15, 0.2) is 6.10 Å². The molecule has 1 aromatic rings. The molecular weight excluding hydrogens is 303 g/mol. The van der Waals surface area contributed by atoms with Crippen molar-refractivity contribution in [2.75, 3.05) is 19.7 Å². The molecule has 1 aliphatic heterocycles. The number of amides is 1. The van der Waals surface area contributed by atoms with Gasteiger partial charge in [0.25, 0.3) is 0 Å². The quantitative estimate of drug-likeness (QED) is 0.919. The molecule has 0 aromatic heterocycles. The predicted molar refractivity (Wildman–Crippen MR) is 69.1 cm³/mol. The molecule has 1 saturated heterocycles. The van der Waals surface area contributed by atoms with Gasteiger partial charge in [0.2, 0.25) is 5.91 Å². The Kier molecular flexibility index (Phi) is 4.70. The third kappa shape index (κ3) is 3.97. The van der Waals surface area contributed by atoms with E-state index < -0.39 is 23.8 Å². The van der Waals surface area contributed by atoms with Gasteiger partial charge in [-0.25, -0.2) is 4.79 Å². The minimum Gasteiger partial charge on any atom is -0.479 e. The highest BCUT2D eigenvalue weighted by Gasteiger charge is 2.31. The van der Waals surface area contributed by atoms with Crippen LogP contribution in [-0.2, 0) is 26.9 Å². The van der Waals surface area contributed by atoms with Crippen molar-refractivity contribution >= 4 is 11.9 Å². The molecule has 1 N–H and O–H groups in total. The molecular formula is C14H14F3NO4. The van der Waals surface area contributed by atoms with E-state index in [9.17, 15) is 22.8 Å². The van der Waals surface area contributed by atoms with Crippen LogP contribution in [0.3, 0.4) is 0 Å². The number of ether oxygens (including phenoxy) is 1. The lowest BCUT2D eigenvalue weighted by atomic mass is 10.1. The van der Waals surface area contributed by atoms with E-state index in [1.165, 1.54) is 17.0 Å². The molecule has 1 heterocycles. The average molecular weight is 317 g/mol. The molecule has 5 nitrogen and oxygen atoms in total. The molecule has 0 unspecified atom stereocenters. The number of hydrogen-bond donors (Lipinski definition) is 1. The first-order valence-corrected chi connectivity index (χ1v) is 6.55. The van der Waals surface area contributed by atoms with Crippen molar-refractivity contribution in [3.05, 3.63) is 35.4 Å². The van der Waals surface area contributed by atoms with E-state index in [2.05, 4.69) is 0 Å². The fourth-order valence-corrected chi connectivity index (χ4v) is 2.12. The minimum absolute atomic E-state index is 0.0607. The monoisotopic (exact) mass is 317 g/mol. The molecule has 8 heteroatoms. The lowest BCUT2D eigenvalue weighted by Crippen LogP contribution is -2.49. The second-order valence-corrected chi connectivity index (χ2v) is 4.91. The molecule has 1 aromatic carbocycles. The second kappa shape index (κ2) is 6.35. The van der Waals surface area contributed by atoms with Crippen molar-refractivity contribution in [1.82, 2.24) is 4.90 Å². The van der Waals surface area contributed by atoms with E-state index in [4.69, 9.17) is 9.84 Å². The standard InChI is InChI=1S/C14H14F3NO4/c15-14(16,17)10-3-1-9(2-4-10)7-12(19)18-5-6-22-11(8-18)13(20)21/h1-4,11H,5-8H2,(H,20,21)/t11-/m0/s1. The first-order valence-electron chi connectivity index (χ1n) is 6.55. The Bertz CT molecular complexity index is 556. The highest BCUT2D eigenvalue weighted by molar-refractivity contribution is 5.80. The number of aliphatic carboxylic acids is 1. The number of rotatable bonds is 3. The zero-order valence-corrected chi connectivity index (χ0v) is 11.5. The van der Waals surface area contributed by atoms with Crippen LogP contribution in [0.1, 0.15) is 11.1 Å². The van der Waals surface area contributed by atoms with Crippen LogP contribution in [0.15, 0.2) is 24.3 Å². The Labute approximate surface area is 124 Å². The number of morpholine rings is 1. The maximum atomic E-state index is 12.4. The van der Waals surface area contributed by atoms with Gasteiger partial charge in [-0.15, -0.1) is 0 Å². The molecule has 1 aliphatic rings. The van der Waals surface area contributed by atoms with Crippen LogP contribution in [0.4, 0.5) is 13.2 Å². The van der Waals surface area contributed by atoms with E-state index in [0.29, 0.717) is 5.56 Å². The summed E-state index contributed by atoms with van der Waals surface area (Å²) < 4.78 is 42.3. The summed E-state index contributed by atoms with van der Waals surface area (Å²) >= 11 is 0. The van der Waals surface area contributed by atoms with Crippen molar-refractivity contribution in [3.8, 4) is 0 Å². The smallest absolute Gasteiger partial charge is 0.416 e. The molecule has 1 fully saturated rings. The summed E-state index contributed by atoms with van der Waals surface area (Å²) in [6, 6.07) is 4.33. The van der Waals surface area contributed by atoms with Gasteiger partial charge in [-0.05, 0) is 17.7 Å². The number of alkyl halides is 3. The van der Waals surface area contributed by atoms with Crippen LogP contribution in [0.5, 0.6) is 0 Å². The summed E-state index contributed by atoms with van der Waals surface area (Å²) in [7, 11) is 0.